The highest BCUT2D eigenvalue weighted by molar-refractivity contribution is 7.99. The zero-order chi connectivity index (χ0) is 9.52. The van der Waals surface area contributed by atoms with Gasteiger partial charge in [-0.1, -0.05) is 6.92 Å². The summed E-state index contributed by atoms with van der Waals surface area (Å²) in [6.07, 6.45) is 4.60. The minimum atomic E-state index is 0.591. The van der Waals surface area contributed by atoms with Crippen LogP contribution >= 0.6 is 11.8 Å². The summed E-state index contributed by atoms with van der Waals surface area (Å²) in [5.74, 6) is 1.78. The maximum Gasteiger partial charge on any atom is 0.138 e. The molecule has 1 unspecified atom stereocenters. The molecule has 4 heteroatoms. The zero-order valence-corrected chi connectivity index (χ0v) is 8.63. The Labute approximate surface area is 83.2 Å². The van der Waals surface area contributed by atoms with Crippen molar-refractivity contribution >= 4 is 11.8 Å². The second-order valence-electron chi connectivity index (χ2n) is 2.86. The highest BCUT2D eigenvalue weighted by Gasteiger charge is 2.02. The van der Waals surface area contributed by atoms with Crippen LogP contribution < -0.4 is 5.73 Å². The van der Waals surface area contributed by atoms with Crippen LogP contribution in [0.2, 0.25) is 0 Å². The summed E-state index contributed by atoms with van der Waals surface area (Å²) in [6.45, 7) is 2.93. The van der Waals surface area contributed by atoms with Gasteiger partial charge in [0.15, 0.2) is 0 Å². The Morgan fingerprint density at radius 3 is 2.77 bits per heavy atom. The molecule has 0 bridgehead atoms. The predicted octanol–water partition coefficient (Wildman–Crippen LogP) is 1.45. The van der Waals surface area contributed by atoms with Crippen molar-refractivity contribution in [2.45, 2.75) is 24.3 Å². The molecule has 13 heavy (non-hydrogen) atoms. The van der Waals surface area contributed by atoms with E-state index >= 15 is 0 Å². The Balaban J connectivity index is 2.27. The molecule has 0 radical (unpaired) electrons. The van der Waals surface area contributed by atoms with Crippen molar-refractivity contribution in [1.82, 2.24) is 9.97 Å². The van der Waals surface area contributed by atoms with Gasteiger partial charge in [0, 0.05) is 17.6 Å². The second kappa shape index (κ2) is 5.94. The van der Waals surface area contributed by atoms with Crippen LogP contribution in [0.15, 0.2) is 18.5 Å². The number of aromatic nitrogens is 2. The lowest BCUT2D eigenvalue weighted by atomic mass is 10.3. The van der Waals surface area contributed by atoms with Gasteiger partial charge < -0.3 is 5.73 Å². The Morgan fingerprint density at radius 1 is 1.46 bits per heavy atom. The molecule has 0 saturated carbocycles. The number of thioether (sulfide) groups is 1. The monoisotopic (exact) mass is 197 g/mol. The molecule has 3 nitrogen and oxygen atoms in total. The molecule has 0 amide bonds. The minimum absolute atomic E-state index is 0.591. The van der Waals surface area contributed by atoms with Crippen LogP contribution in [0.5, 0.6) is 0 Å². The summed E-state index contributed by atoms with van der Waals surface area (Å²) < 4.78 is 0. The summed E-state index contributed by atoms with van der Waals surface area (Å²) in [4.78, 5) is 8.30. The van der Waals surface area contributed by atoms with Crippen LogP contribution in [-0.2, 0) is 5.75 Å². The maximum absolute atomic E-state index is 5.45. The van der Waals surface area contributed by atoms with Gasteiger partial charge in [-0.2, -0.15) is 11.8 Å². The quantitative estimate of drug-likeness (QED) is 0.776. The van der Waals surface area contributed by atoms with Crippen LogP contribution in [0.1, 0.15) is 19.2 Å². The lowest BCUT2D eigenvalue weighted by molar-refractivity contribution is 0.821. The third kappa shape index (κ3) is 4.24. The van der Waals surface area contributed by atoms with Gasteiger partial charge in [0.25, 0.3) is 0 Å². The van der Waals surface area contributed by atoms with Crippen molar-refractivity contribution in [3.63, 3.8) is 0 Å². The van der Waals surface area contributed by atoms with Crippen LogP contribution in [0, 0.1) is 0 Å². The van der Waals surface area contributed by atoms with Crippen molar-refractivity contribution in [2.24, 2.45) is 5.73 Å². The molecule has 1 rings (SSSR count). The molecule has 0 fully saturated rings. The van der Waals surface area contributed by atoms with E-state index in [0.29, 0.717) is 5.25 Å². The van der Waals surface area contributed by atoms with E-state index in [4.69, 9.17) is 5.73 Å². The largest absolute Gasteiger partial charge is 0.330 e. The van der Waals surface area contributed by atoms with Crippen LogP contribution in [-0.4, -0.2) is 21.8 Å². The average molecular weight is 197 g/mol. The fraction of sp³-hybridized carbons (Fsp3) is 0.556. The van der Waals surface area contributed by atoms with Gasteiger partial charge in [-0.25, -0.2) is 9.97 Å². The number of rotatable bonds is 5. The third-order valence-corrected chi connectivity index (χ3v) is 2.92. The number of hydrogen-bond donors (Lipinski definition) is 1. The first-order valence-electron chi connectivity index (χ1n) is 4.40. The SMILES string of the molecule is CC(CCN)SCc1ncccn1. The van der Waals surface area contributed by atoms with Crippen molar-refractivity contribution in [3.05, 3.63) is 24.3 Å². The predicted molar refractivity (Wildman–Crippen MR) is 56.5 cm³/mol. The molecule has 1 atom stereocenters. The summed E-state index contributed by atoms with van der Waals surface area (Å²) in [7, 11) is 0. The summed E-state index contributed by atoms with van der Waals surface area (Å²) in [6, 6.07) is 1.83. The van der Waals surface area contributed by atoms with E-state index in [1.165, 1.54) is 0 Å². The van der Waals surface area contributed by atoms with Gasteiger partial charge in [-0.05, 0) is 19.0 Å². The topological polar surface area (TPSA) is 51.8 Å². The summed E-state index contributed by atoms with van der Waals surface area (Å²) in [5.41, 5.74) is 5.45. The molecule has 72 valence electrons. The van der Waals surface area contributed by atoms with E-state index in [1.807, 2.05) is 17.8 Å². The first-order chi connectivity index (χ1) is 6.33. The molecule has 1 aromatic rings. The van der Waals surface area contributed by atoms with Crippen LogP contribution in [0.25, 0.3) is 0 Å². The van der Waals surface area contributed by atoms with Crippen molar-refractivity contribution in [3.8, 4) is 0 Å². The fourth-order valence-electron chi connectivity index (χ4n) is 0.939. The van der Waals surface area contributed by atoms with E-state index in [0.717, 1.165) is 24.5 Å². The smallest absolute Gasteiger partial charge is 0.138 e. The highest BCUT2D eigenvalue weighted by atomic mass is 32.2. The molecule has 1 aromatic heterocycles. The molecule has 2 N–H and O–H groups in total. The highest BCUT2D eigenvalue weighted by Crippen LogP contribution is 2.16. The van der Waals surface area contributed by atoms with Gasteiger partial charge in [-0.3, -0.25) is 0 Å². The minimum Gasteiger partial charge on any atom is -0.330 e. The van der Waals surface area contributed by atoms with E-state index in [-0.39, 0.29) is 0 Å². The molecule has 0 spiro atoms. The van der Waals surface area contributed by atoms with Crippen molar-refractivity contribution in [1.29, 1.82) is 0 Å². The van der Waals surface area contributed by atoms with E-state index in [2.05, 4.69) is 16.9 Å². The normalized spacial score (nSPS) is 12.8. The van der Waals surface area contributed by atoms with E-state index in [9.17, 15) is 0 Å². The first kappa shape index (κ1) is 10.5. The molecule has 1 heterocycles. The van der Waals surface area contributed by atoms with Crippen molar-refractivity contribution in [2.75, 3.05) is 6.54 Å². The van der Waals surface area contributed by atoms with E-state index in [1.54, 1.807) is 12.4 Å². The van der Waals surface area contributed by atoms with Gasteiger partial charge in [0.2, 0.25) is 0 Å². The lowest BCUT2D eigenvalue weighted by Crippen LogP contribution is -2.07. The molecular formula is C9H15N3S. The Bertz CT molecular complexity index is 228. The summed E-state index contributed by atoms with van der Waals surface area (Å²) in [5, 5.41) is 0.591. The maximum atomic E-state index is 5.45. The molecule has 0 aromatic carbocycles. The van der Waals surface area contributed by atoms with Gasteiger partial charge in [0.1, 0.15) is 5.82 Å². The van der Waals surface area contributed by atoms with Gasteiger partial charge >= 0.3 is 0 Å². The molecule has 0 saturated heterocycles. The number of nitrogens with two attached hydrogens (primary N) is 1. The van der Waals surface area contributed by atoms with Crippen LogP contribution in [0.3, 0.4) is 0 Å². The fourth-order valence-corrected chi connectivity index (χ4v) is 1.82. The van der Waals surface area contributed by atoms with Crippen LogP contribution in [0.4, 0.5) is 0 Å². The first-order valence-corrected chi connectivity index (χ1v) is 5.45. The average Bonchev–Trinajstić information content (AvgIpc) is 2.17. The van der Waals surface area contributed by atoms with Crippen molar-refractivity contribution < 1.29 is 0 Å². The number of hydrogen-bond acceptors (Lipinski definition) is 4. The second-order valence-corrected chi connectivity index (χ2v) is 4.29. The Hall–Kier alpha value is -0.610. The summed E-state index contributed by atoms with van der Waals surface area (Å²) >= 11 is 1.85. The third-order valence-electron chi connectivity index (χ3n) is 1.69. The van der Waals surface area contributed by atoms with Gasteiger partial charge in [0.05, 0.1) is 5.75 Å². The Kier molecular flexibility index (Phi) is 4.78. The van der Waals surface area contributed by atoms with E-state index < -0.39 is 0 Å². The molecular weight excluding hydrogens is 182 g/mol. The zero-order valence-electron chi connectivity index (χ0n) is 7.81. The molecule has 0 aliphatic heterocycles. The standard InChI is InChI=1S/C9H15N3S/c1-8(3-4-10)13-7-9-11-5-2-6-12-9/h2,5-6,8H,3-4,7,10H2,1H3. The Morgan fingerprint density at radius 2 is 2.15 bits per heavy atom. The molecule has 0 aliphatic carbocycles. The lowest BCUT2D eigenvalue weighted by Gasteiger charge is -2.07. The molecule has 0 aliphatic rings. The number of nitrogens with zero attached hydrogens (tertiary/aromatic N) is 2. The van der Waals surface area contributed by atoms with Gasteiger partial charge in [-0.15, -0.1) is 0 Å².